The molecule has 0 saturated heterocycles. The summed E-state index contributed by atoms with van der Waals surface area (Å²) in [5.41, 5.74) is 0.878. The van der Waals surface area contributed by atoms with Gasteiger partial charge in [-0.3, -0.25) is 4.79 Å². The van der Waals surface area contributed by atoms with Crippen LogP contribution in [0.4, 0.5) is 5.13 Å². The van der Waals surface area contributed by atoms with Gasteiger partial charge in [0.2, 0.25) is 16.0 Å². The molecule has 0 aliphatic heterocycles. The van der Waals surface area contributed by atoms with E-state index >= 15 is 0 Å². The minimum absolute atomic E-state index is 0.0454. The number of fused-ring (bicyclic) bond motifs is 1. The maximum atomic E-state index is 11.8. The lowest BCUT2D eigenvalue weighted by atomic mass is 10.1. The van der Waals surface area contributed by atoms with E-state index in [-0.39, 0.29) is 5.91 Å². The first-order valence-electron chi connectivity index (χ1n) is 7.23. The Bertz CT molecular complexity index is 822. The molecule has 2 heterocycles. The van der Waals surface area contributed by atoms with Crippen LogP contribution in [0.2, 0.25) is 0 Å². The Kier molecular flexibility index (Phi) is 4.24. The lowest BCUT2D eigenvalue weighted by molar-refractivity contribution is -0.116. The highest BCUT2D eigenvalue weighted by atomic mass is 32.1. The van der Waals surface area contributed by atoms with Gasteiger partial charge in [0.05, 0.1) is 7.11 Å². The number of nitrogens with one attached hydrogen (secondary N) is 1. The average Bonchev–Trinajstić information content (AvgIpc) is 3.06. The van der Waals surface area contributed by atoms with Crippen LogP contribution in [-0.4, -0.2) is 32.8 Å². The van der Waals surface area contributed by atoms with Gasteiger partial charge < -0.3 is 10.1 Å². The van der Waals surface area contributed by atoms with Crippen molar-refractivity contribution in [1.82, 2.24) is 19.8 Å². The molecule has 0 aliphatic carbocycles. The Morgan fingerprint density at radius 3 is 2.70 bits per heavy atom. The van der Waals surface area contributed by atoms with Crippen LogP contribution >= 0.6 is 11.3 Å². The summed E-state index contributed by atoms with van der Waals surface area (Å²) in [6.07, 6.45) is 0.464. The van der Waals surface area contributed by atoms with Crippen LogP contribution in [0.5, 0.6) is 5.75 Å². The second-order valence-electron chi connectivity index (χ2n) is 5.50. The molecule has 0 aliphatic rings. The number of hydrogen-bond acceptors (Lipinski definition) is 6. The third-order valence-corrected chi connectivity index (χ3v) is 3.99. The zero-order valence-corrected chi connectivity index (χ0v) is 13.9. The van der Waals surface area contributed by atoms with Gasteiger partial charge in [-0.05, 0) is 30.2 Å². The molecule has 0 spiro atoms. The number of carbonyl (C=O) groups excluding carboxylic acids is 1. The molecule has 23 heavy (non-hydrogen) atoms. The summed E-state index contributed by atoms with van der Waals surface area (Å²) in [4.78, 5) is 12.5. The SMILES string of the molecule is COc1ccc(-c2nnc3sc(NC(=O)CC(C)C)nn23)cc1. The van der Waals surface area contributed by atoms with Crippen LogP contribution in [-0.2, 0) is 4.79 Å². The summed E-state index contributed by atoms with van der Waals surface area (Å²) in [6.45, 7) is 4.00. The van der Waals surface area contributed by atoms with Gasteiger partial charge in [0.15, 0.2) is 5.82 Å². The summed E-state index contributed by atoms with van der Waals surface area (Å²) in [5, 5.41) is 16.0. The predicted molar refractivity (Wildman–Crippen MR) is 88.7 cm³/mol. The van der Waals surface area contributed by atoms with Crippen molar-refractivity contribution in [2.24, 2.45) is 5.92 Å². The van der Waals surface area contributed by atoms with Crippen molar-refractivity contribution in [2.75, 3.05) is 12.4 Å². The fraction of sp³-hybridized carbons (Fsp3) is 0.333. The summed E-state index contributed by atoms with van der Waals surface area (Å²) in [6, 6.07) is 7.50. The molecular formula is C15H17N5O2S. The Labute approximate surface area is 137 Å². The van der Waals surface area contributed by atoms with E-state index in [1.54, 1.807) is 11.6 Å². The minimum atomic E-state index is -0.0454. The molecule has 8 heteroatoms. The van der Waals surface area contributed by atoms with Gasteiger partial charge in [-0.2, -0.15) is 4.52 Å². The fourth-order valence-corrected chi connectivity index (χ4v) is 2.88. The van der Waals surface area contributed by atoms with Crippen molar-refractivity contribution < 1.29 is 9.53 Å². The van der Waals surface area contributed by atoms with E-state index in [9.17, 15) is 4.79 Å². The quantitative estimate of drug-likeness (QED) is 0.777. The zero-order valence-electron chi connectivity index (χ0n) is 13.1. The number of anilines is 1. The molecule has 1 N–H and O–H groups in total. The molecule has 3 rings (SSSR count). The smallest absolute Gasteiger partial charge is 0.236 e. The molecular weight excluding hydrogens is 314 g/mol. The largest absolute Gasteiger partial charge is 0.497 e. The van der Waals surface area contributed by atoms with Crippen molar-refractivity contribution >= 4 is 27.3 Å². The number of aromatic nitrogens is 4. The Morgan fingerprint density at radius 1 is 1.30 bits per heavy atom. The second kappa shape index (κ2) is 6.33. The first-order chi connectivity index (χ1) is 11.1. The van der Waals surface area contributed by atoms with Gasteiger partial charge >= 0.3 is 0 Å². The van der Waals surface area contributed by atoms with E-state index in [0.29, 0.717) is 28.3 Å². The van der Waals surface area contributed by atoms with Gasteiger partial charge in [-0.15, -0.1) is 15.3 Å². The maximum Gasteiger partial charge on any atom is 0.236 e. The van der Waals surface area contributed by atoms with E-state index in [0.717, 1.165) is 11.3 Å². The highest BCUT2D eigenvalue weighted by Crippen LogP contribution is 2.25. The van der Waals surface area contributed by atoms with E-state index < -0.39 is 0 Å². The molecule has 0 atom stereocenters. The molecule has 0 fully saturated rings. The lowest BCUT2D eigenvalue weighted by Gasteiger charge is -2.03. The number of carbonyl (C=O) groups is 1. The minimum Gasteiger partial charge on any atom is -0.497 e. The van der Waals surface area contributed by atoms with Gasteiger partial charge in [0.1, 0.15) is 5.75 Å². The van der Waals surface area contributed by atoms with Crippen LogP contribution in [0, 0.1) is 5.92 Å². The first-order valence-corrected chi connectivity index (χ1v) is 8.05. The van der Waals surface area contributed by atoms with Gasteiger partial charge in [0, 0.05) is 12.0 Å². The molecule has 0 unspecified atom stereocenters. The third kappa shape index (κ3) is 3.31. The van der Waals surface area contributed by atoms with Crippen LogP contribution in [0.15, 0.2) is 24.3 Å². The van der Waals surface area contributed by atoms with Gasteiger partial charge in [-0.25, -0.2) is 0 Å². The number of ether oxygens (including phenoxy) is 1. The number of methoxy groups -OCH3 is 1. The average molecular weight is 331 g/mol. The van der Waals surface area contributed by atoms with E-state index in [4.69, 9.17) is 4.74 Å². The standard InChI is InChI=1S/C15H17N5O2S/c1-9(2)8-12(21)16-14-19-20-13(17-18-15(20)23-14)10-4-6-11(22-3)7-5-10/h4-7,9H,8H2,1-3H3,(H,16,19,21). The Balaban J connectivity index is 1.86. The molecule has 2 aromatic heterocycles. The number of amides is 1. The van der Waals surface area contributed by atoms with Crippen molar-refractivity contribution in [3.05, 3.63) is 24.3 Å². The van der Waals surface area contributed by atoms with E-state index in [2.05, 4.69) is 20.6 Å². The number of hydrogen-bond donors (Lipinski definition) is 1. The number of benzene rings is 1. The van der Waals surface area contributed by atoms with Crippen molar-refractivity contribution in [3.63, 3.8) is 0 Å². The van der Waals surface area contributed by atoms with Crippen LogP contribution < -0.4 is 10.1 Å². The highest BCUT2D eigenvalue weighted by molar-refractivity contribution is 7.20. The summed E-state index contributed by atoms with van der Waals surface area (Å²) >= 11 is 1.30. The van der Waals surface area contributed by atoms with Crippen molar-refractivity contribution in [3.8, 4) is 17.1 Å². The second-order valence-corrected chi connectivity index (χ2v) is 6.46. The Morgan fingerprint density at radius 2 is 2.04 bits per heavy atom. The number of nitrogens with zero attached hydrogens (tertiary/aromatic N) is 4. The Hall–Kier alpha value is -2.48. The molecule has 7 nitrogen and oxygen atoms in total. The van der Waals surface area contributed by atoms with Crippen LogP contribution in [0.1, 0.15) is 20.3 Å². The summed E-state index contributed by atoms with van der Waals surface area (Å²) in [7, 11) is 1.62. The molecule has 1 amide bonds. The summed E-state index contributed by atoms with van der Waals surface area (Å²) in [5.74, 6) is 1.66. The molecule has 0 bridgehead atoms. The highest BCUT2D eigenvalue weighted by Gasteiger charge is 2.15. The molecule has 3 aromatic rings. The zero-order chi connectivity index (χ0) is 16.4. The predicted octanol–water partition coefficient (Wildman–Crippen LogP) is 2.85. The third-order valence-electron chi connectivity index (χ3n) is 3.18. The topological polar surface area (TPSA) is 81.4 Å². The van der Waals surface area contributed by atoms with Crippen LogP contribution in [0.25, 0.3) is 16.3 Å². The fourth-order valence-electron chi connectivity index (χ4n) is 2.13. The number of rotatable bonds is 5. The van der Waals surface area contributed by atoms with E-state index in [1.807, 2.05) is 38.1 Å². The van der Waals surface area contributed by atoms with E-state index in [1.165, 1.54) is 11.3 Å². The normalized spacial score (nSPS) is 11.1. The molecule has 1 aromatic carbocycles. The van der Waals surface area contributed by atoms with Crippen molar-refractivity contribution in [2.45, 2.75) is 20.3 Å². The van der Waals surface area contributed by atoms with Gasteiger partial charge in [0.25, 0.3) is 0 Å². The molecule has 0 saturated carbocycles. The monoisotopic (exact) mass is 331 g/mol. The first kappa shape index (κ1) is 15.4. The molecule has 0 radical (unpaired) electrons. The summed E-state index contributed by atoms with van der Waals surface area (Å²) < 4.78 is 6.79. The molecule has 120 valence electrons. The maximum absolute atomic E-state index is 11.8. The van der Waals surface area contributed by atoms with Gasteiger partial charge in [-0.1, -0.05) is 25.2 Å². The van der Waals surface area contributed by atoms with Crippen molar-refractivity contribution in [1.29, 1.82) is 0 Å². The lowest BCUT2D eigenvalue weighted by Crippen LogP contribution is -2.13. The van der Waals surface area contributed by atoms with Crippen LogP contribution in [0.3, 0.4) is 0 Å².